The second-order valence-corrected chi connectivity index (χ2v) is 8.70. The van der Waals surface area contributed by atoms with Gasteiger partial charge in [0.1, 0.15) is 5.75 Å². The van der Waals surface area contributed by atoms with Crippen LogP contribution >= 0.6 is 0 Å². The van der Waals surface area contributed by atoms with Crippen LogP contribution in [0.5, 0.6) is 5.75 Å². The molecule has 1 saturated heterocycles. The molecule has 7 heteroatoms. The number of methoxy groups -OCH3 is 1. The van der Waals surface area contributed by atoms with Gasteiger partial charge in [-0.3, -0.25) is 9.69 Å². The van der Waals surface area contributed by atoms with Crippen LogP contribution in [0.4, 0.5) is 0 Å². The molecule has 0 atom stereocenters. The molecule has 0 saturated carbocycles. The number of nitrogens with zero attached hydrogens (tertiary/aromatic N) is 3. The van der Waals surface area contributed by atoms with E-state index in [1.165, 1.54) is 11.1 Å². The molecule has 1 amide bonds. The highest BCUT2D eigenvalue weighted by Gasteiger charge is 2.16. The van der Waals surface area contributed by atoms with Gasteiger partial charge in [-0.05, 0) is 49.1 Å². The maximum atomic E-state index is 12.7. The van der Waals surface area contributed by atoms with Gasteiger partial charge in [0, 0.05) is 44.4 Å². The highest BCUT2D eigenvalue weighted by molar-refractivity contribution is 5.76. The van der Waals surface area contributed by atoms with Crippen molar-refractivity contribution < 1.29 is 14.3 Å². The van der Waals surface area contributed by atoms with Gasteiger partial charge in [-0.25, -0.2) is 4.68 Å². The fourth-order valence-corrected chi connectivity index (χ4v) is 4.44. The number of aryl methyl sites for hydroxylation is 1. The van der Waals surface area contributed by atoms with Crippen LogP contribution in [0.2, 0.25) is 0 Å². The minimum Gasteiger partial charge on any atom is -0.497 e. The van der Waals surface area contributed by atoms with E-state index >= 15 is 0 Å². The first-order valence-electron chi connectivity index (χ1n) is 11.9. The number of aromatic nitrogens is 2. The molecule has 1 N–H and O–H groups in total. The number of carbonyl (C=O) groups excluding carboxylic acids is 1. The predicted molar refractivity (Wildman–Crippen MR) is 132 cm³/mol. The molecule has 4 rings (SSSR count). The lowest BCUT2D eigenvalue weighted by Crippen LogP contribution is -2.36. The highest BCUT2D eigenvalue weighted by Crippen LogP contribution is 2.22. The van der Waals surface area contributed by atoms with E-state index in [0.29, 0.717) is 19.4 Å². The Bertz CT molecular complexity index is 1120. The number of rotatable bonds is 9. The molecule has 7 nitrogen and oxygen atoms in total. The Hall–Kier alpha value is -3.16. The normalized spacial score (nSPS) is 14.2. The fraction of sp³-hybridized carbons (Fsp3) is 0.407. The summed E-state index contributed by atoms with van der Waals surface area (Å²) in [5, 5.41) is 7.82. The van der Waals surface area contributed by atoms with E-state index in [0.717, 1.165) is 61.2 Å². The molecule has 1 aliphatic rings. The molecule has 0 aliphatic carbocycles. The molecule has 2 heterocycles. The number of ether oxygens (including phenoxy) is 2. The molecule has 0 radical (unpaired) electrons. The zero-order valence-corrected chi connectivity index (χ0v) is 20.3. The van der Waals surface area contributed by atoms with Crippen LogP contribution in [0.3, 0.4) is 0 Å². The number of hydrogen-bond acceptors (Lipinski definition) is 5. The van der Waals surface area contributed by atoms with E-state index in [2.05, 4.69) is 35.3 Å². The van der Waals surface area contributed by atoms with Gasteiger partial charge in [0.15, 0.2) is 0 Å². The summed E-state index contributed by atoms with van der Waals surface area (Å²) in [6, 6.07) is 16.2. The summed E-state index contributed by atoms with van der Waals surface area (Å²) in [4.78, 5) is 15.1. The summed E-state index contributed by atoms with van der Waals surface area (Å²) >= 11 is 0. The summed E-state index contributed by atoms with van der Waals surface area (Å²) in [5.74, 6) is 0.842. The summed E-state index contributed by atoms with van der Waals surface area (Å²) in [6.07, 6.45) is 1.08. The van der Waals surface area contributed by atoms with Crippen LogP contribution in [0.1, 0.15) is 34.5 Å². The Labute approximate surface area is 201 Å². The van der Waals surface area contributed by atoms with Crippen molar-refractivity contribution in [2.45, 2.75) is 39.8 Å². The second kappa shape index (κ2) is 11.3. The molecule has 180 valence electrons. The summed E-state index contributed by atoms with van der Waals surface area (Å²) in [6.45, 7) is 8.94. The summed E-state index contributed by atoms with van der Waals surface area (Å²) in [5.41, 5.74) is 6.49. The van der Waals surface area contributed by atoms with Crippen molar-refractivity contribution in [3.05, 3.63) is 76.6 Å². The van der Waals surface area contributed by atoms with Gasteiger partial charge in [0.2, 0.25) is 5.91 Å². The minimum absolute atomic E-state index is 0.0501. The van der Waals surface area contributed by atoms with Crippen molar-refractivity contribution in [1.82, 2.24) is 20.0 Å². The van der Waals surface area contributed by atoms with Crippen molar-refractivity contribution in [3.8, 4) is 11.4 Å². The molecule has 0 bridgehead atoms. The number of benzene rings is 2. The molecule has 1 aromatic heterocycles. The summed E-state index contributed by atoms with van der Waals surface area (Å²) in [7, 11) is 1.66. The van der Waals surface area contributed by atoms with Gasteiger partial charge in [-0.2, -0.15) is 5.10 Å². The molecule has 3 aromatic rings. The van der Waals surface area contributed by atoms with Crippen molar-refractivity contribution >= 4 is 5.91 Å². The first-order valence-corrected chi connectivity index (χ1v) is 11.9. The van der Waals surface area contributed by atoms with Gasteiger partial charge in [0.05, 0.1) is 31.7 Å². The fourth-order valence-electron chi connectivity index (χ4n) is 4.44. The highest BCUT2D eigenvalue weighted by atomic mass is 16.5. The number of amides is 1. The average molecular weight is 463 g/mol. The number of morpholine rings is 1. The Morgan fingerprint density at radius 2 is 1.85 bits per heavy atom. The third-order valence-electron chi connectivity index (χ3n) is 6.43. The van der Waals surface area contributed by atoms with Crippen molar-refractivity contribution in [1.29, 1.82) is 0 Å². The van der Waals surface area contributed by atoms with E-state index in [4.69, 9.17) is 14.6 Å². The predicted octanol–water partition coefficient (Wildman–Crippen LogP) is 3.58. The maximum absolute atomic E-state index is 12.7. The molecule has 0 spiro atoms. The van der Waals surface area contributed by atoms with Crippen LogP contribution in [-0.2, 0) is 29.0 Å². The van der Waals surface area contributed by atoms with Gasteiger partial charge in [-0.1, -0.05) is 30.3 Å². The SMILES string of the molecule is COc1cccc(-n2nc(C)c(CCC(=O)NCc3ccccc3CN3CCOCC3)c2C)c1. The van der Waals surface area contributed by atoms with Crippen LogP contribution < -0.4 is 10.1 Å². The standard InChI is InChI=1S/C27H34N4O3/c1-20-26(21(2)31(29-20)24-9-6-10-25(17-24)33-3)11-12-27(32)28-18-22-7-4-5-8-23(22)19-30-13-15-34-16-14-30/h4-10,17H,11-16,18-19H2,1-3H3,(H,28,32). The summed E-state index contributed by atoms with van der Waals surface area (Å²) < 4.78 is 12.7. The van der Waals surface area contributed by atoms with Crippen LogP contribution in [-0.4, -0.2) is 54.0 Å². The van der Waals surface area contributed by atoms with Gasteiger partial charge >= 0.3 is 0 Å². The first-order chi connectivity index (χ1) is 16.5. The van der Waals surface area contributed by atoms with Gasteiger partial charge < -0.3 is 14.8 Å². The lowest BCUT2D eigenvalue weighted by atomic mass is 10.1. The Kier molecular flexibility index (Phi) is 7.98. The molecule has 2 aromatic carbocycles. The lowest BCUT2D eigenvalue weighted by molar-refractivity contribution is -0.121. The van der Waals surface area contributed by atoms with Crippen LogP contribution in [0.15, 0.2) is 48.5 Å². The molecule has 1 aliphatic heterocycles. The molecular weight excluding hydrogens is 428 g/mol. The zero-order chi connectivity index (χ0) is 23.9. The quantitative estimate of drug-likeness (QED) is 0.527. The lowest BCUT2D eigenvalue weighted by Gasteiger charge is -2.27. The number of nitrogens with one attached hydrogen (secondary N) is 1. The van der Waals surface area contributed by atoms with E-state index in [-0.39, 0.29) is 5.91 Å². The monoisotopic (exact) mass is 462 g/mol. The molecule has 1 fully saturated rings. The Balaban J connectivity index is 1.35. The van der Waals surface area contributed by atoms with E-state index < -0.39 is 0 Å². The third-order valence-corrected chi connectivity index (χ3v) is 6.43. The van der Waals surface area contributed by atoms with Crippen molar-refractivity contribution in [3.63, 3.8) is 0 Å². The zero-order valence-electron chi connectivity index (χ0n) is 20.3. The first kappa shape index (κ1) is 24.0. The largest absolute Gasteiger partial charge is 0.497 e. The van der Waals surface area contributed by atoms with Gasteiger partial charge in [0.25, 0.3) is 0 Å². The number of hydrogen-bond donors (Lipinski definition) is 1. The Morgan fingerprint density at radius 3 is 2.62 bits per heavy atom. The topological polar surface area (TPSA) is 68.6 Å². The van der Waals surface area contributed by atoms with E-state index in [1.807, 2.05) is 41.9 Å². The molecule has 34 heavy (non-hydrogen) atoms. The third kappa shape index (κ3) is 5.85. The second-order valence-electron chi connectivity index (χ2n) is 8.70. The number of carbonyl (C=O) groups is 1. The van der Waals surface area contributed by atoms with Crippen molar-refractivity contribution in [2.24, 2.45) is 0 Å². The van der Waals surface area contributed by atoms with Gasteiger partial charge in [-0.15, -0.1) is 0 Å². The van der Waals surface area contributed by atoms with E-state index in [1.54, 1.807) is 7.11 Å². The van der Waals surface area contributed by atoms with Crippen LogP contribution in [0, 0.1) is 13.8 Å². The Morgan fingerprint density at radius 1 is 1.09 bits per heavy atom. The van der Waals surface area contributed by atoms with E-state index in [9.17, 15) is 4.79 Å². The molecular formula is C27H34N4O3. The minimum atomic E-state index is 0.0501. The maximum Gasteiger partial charge on any atom is 0.220 e. The molecule has 0 unspecified atom stereocenters. The average Bonchev–Trinajstić information content (AvgIpc) is 3.15. The van der Waals surface area contributed by atoms with Crippen LogP contribution in [0.25, 0.3) is 5.69 Å². The van der Waals surface area contributed by atoms with Crippen molar-refractivity contribution in [2.75, 3.05) is 33.4 Å². The smallest absolute Gasteiger partial charge is 0.220 e.